The fourth-order valence-electron chi connectivity index (χ4n) is 10.4. The molecule has 0 aliphatic carbocycles. The van der Waals surface area contributed by atoms with Gasteiger partial charge < -0.3 is 96.8 Å². The number of aromatic nitrogens is 6. The maximum atomic E-state index is 12.5. The van der Waals surface area contributed by atoms with Crippen LogP contribution in [-0.2, 0) is 97.2 Å². The fraction of sp³-hybridized carbons (Fsp3) is 0.896. The van der Waals surface area contributed by atoms with Crippen molar-refractivity contribution < 1.29 is 96.3 Å². The van der Waals surface area contributed by atoms with Crippen molar-refractivity contribution in [2.75, 3.05) is 83.2 Å². The van der Waals surface area contributed by atoms with Gasteiger partial charge in [0.15, 0.2) is 12.6 Å². The quantitative estimate of drug-likeness (QED) is 0.0663. The average Bonchev–Trinajstić information content (AvgIpc) is 4.01. The predicted molar refractivity (Wildman–Crippen MR) is 261 cm³/mol. The molecule has 2 aromatic heterocycles. The standard InChI is InChI=1S/C48H84N8O20/c1-25-37(64-8)33(57)41(74-46-44(69-13)36(60)40(67-11)31(73-46)23-62-6)30(70-25)22-56-20-28(51-53-56)18-54(16-14-15-49-47(61)76-48(3,4)5)17-27-19-55(52-50-27)21-29-39(66-10)35(59)43(68-12)45(72-29)75-42-32(24-63-7)71-26(2)38(65-9)34(42)58/h19-20,25-26,29-46,57-60H,14-18,21-24H2,1-13H3,(H,49,61)/t25-,26-,29?,30?,31?,32?,33+,34+,35-,36-,37?,38?,39-,40-,41-,42-,43?,44?,45-,46-/m0/s1. The van der Waals surface area contributed by atoms with Crippen LogP contribution in [0.1, 0.15) is 52.4 Å². The molecule has 4 saturated heterocycles. The van der Waals surface area contributed by atoms with Crippen LogP contribution in [0.5, 0.6) is 0 Å². The largest absolute Gasteiger partial charge is 0.444 e. The lowest BCUT2D eigenvalue weighted by Crippen LogP contribution is -2.65. The lowest BCUT2D eigenvalue weighted by Gasteiger charge is -2.47. The first-order valence-electron chi connectivity index (χ1n) is 25.6. The van der Waals surface area contributed by atoms with E-state index in [1.165, 1.54) is 56.9 Å². The van der Waals surface area contributed by atoms with E-state index in [1.807, 2.05) is 0 Å². The number of nitrogens with zero attached hydrogens (tertiary/aromatic N) is 7. The number of alkyl carbamates (subject to hydrolysis) is 1. The highest BCUT2D eigenvalue weighted by molar-refractivity contribution is 5.67. The van der Waals surface area contributed by atoms with Gasteiger partial charge in [0.2, 0.25) is 0 Å². The summed E-state index contributed by atoms with van der Waals surface area (Å²) in [5.41, 5.74) is 0.485. The van der Waals surface area contributed by atoms with E-state index in [0.717, 1.165) is 0 Å². The summed E-state index contributed by atoms with van der Waals surface area (Å²) in [5, 5.41) is 66.6. The molecule has 2 aromatic rings. The van der Waals surface area contributed by atoms with Gasteiger partial charge in [-0.2, -0.15) is 0 Å². The Morgan fingerprint density at radius 2 is 0.987 bits per heavy atom. The molecule has 1 amide bonds. The number of aliphatic hydroxyl groups is 4. The molecule has 20 atom stereocenters. The van der Waals surface area contributed by atoms with Crippen molar-refractivity contribution in [3.05, 3.63) is 23.8 Å². The van der Waals surface area contributed by atoms with E-state index in [-0.39, 0.29) is 39.4 Å². The third kappa shape index (κ3) is 15.6. The van der Waals surface area contributed by atoms with Gasteiger partial charge in [0, 0.05) is 95.5 Å². The van der Waals surface area contributed by atoms with Crippen LogP contribution in [0, 0.1) is 0 Å². The lowest BCUT2D eigenvalue weighted by atomic mass is 9.94. The Hall–Kier alpha value is -3.21. The molecule has 0 spiro atoms. The fourth-order valence-corrected chi connectivity index (χ4v) is 10.4. The Labute approximate surface area is 443 Å². The molecular weight excluding hydrogens is 1010 g/mol. The van der Waals surface area contributed by atoms with Crippen molar-refractivity contribution in [2.24, 2.45) is 0 Å². The number of rotatable bonds is 26. The Kier molecular flexibility index (Phi) is 23.5. The van der Waals surface area contributed by atoms with E-state index in [4.69, 9.17) is 71.1 Å². The molecule has 6 heterocycles. The highest BCUT2D eigenvalue weighted by atomic mass is 16.7. The second kappa shape index (κ2) is 28.8. The molecule has 28 nitrogen and oxygen atoms in total. The Bertz CT molecular complexity index is 2020. The molecule has 76 heavy (non-hydrogen) atoms. The molecular formula is C48H84N8O20. The molecule has 5 N–H and O–H groups in total. The number of amides is 1. The van der Waals surface area contributed by atoms with Gasteiger partial charge in [-0.3, -0.25) is 4.90 Å². The van der Waals surface area contributed by atoms with Gasteiger partial charge in [0.1, 0.15) is 103 Å². The zero-order chi connectivity index (χ0) is 55.4. The smallest absolute Gasteiger partial charge is 0.407 e. The van der Waals surface area contributed by atoms with Crippen LogP contribution < -0.4 is 5.32 Å². The summed E-state index contributed by atoms with van der Waals surface area (Å²) in [4.78, 5) is 14.6. The van der Waals surface area contributed by atoms with Crippen molar-refractivity contribution in [3.63, 3.8) is 0 Å². The van der Waals surface area contributed by atoms with Crippen molar-refractivity contribution in [1.29, 1.82) is 0 Å². The minimum Gasteiger partial charge on any atom is -0.444 e. The Balaban J connectivity index is 1.17. The van der Waals surface area contributed by atoms with Crippen LogP contribution in [0.15, 0.2) is 12.4 Å². The summed E-state index contributed by atoms with van der Waals surface area (Å²) >= 11 is 0. The molecule has 6 rings (SSSR count). The third-order valence-corrected chi connectivity index (χ3v) is 13.9. The third-order valence-electron chi connectivity index (χ3n) is 13.9. The van der Waals surface area contributed by atoms with E-state index < -0.39 is 134 Å². The van der Waals surface area contributed by atoms with Crippen molar-refractivity contribution in [2.45, 2.75) is 195 Å². The first-order valence-corrected chi connectivity index (χ1v) is 25.6. The second-order valence-electron chi connectivity index (χ2n) is 20.5. The molecule has 436 valence electrons. The summed E-state index contributed by atoms with van der Waals surface area (Å²) in [6, 6.07) is 0. The van der Waals surface area contributed by atoms with Crippen LogP contribution in [0.25, 0.3) is 0 Å². The first kappa shape index (κ1) is 62.0. The number of hydrogen-bond acceptors (Lipinski definition) is 25. The maximum absolute atomic E-state index is 12.5. The van der Waals surface area contributed by atoms with Gasteiger partial charge in [0.25, 0.3) is 0 Å². The summed E-state index contributed by atoms with van der Waals surface area (Å²) in [6.07, 6.45) is -14.8. The average molecular weight is 1090 g/mol. The highest BCUT2D eigenvalue weighted by Gasteiger charge is 2.53. The monoisotopic (exact) mass is 1090 g/mol. The number of aliphatic hydroxyl groups excluding tert-OH is 4. The Morgan fingerprint density at radius 1 is 0.592 bits per heavy atom. The van der Waals surface area contributed by atoms with Gasteiger partial charge >= 0.3 is 6.09 Å². The molecule has 0 saturated carbocycles. The molecule has 0 radical (unpaired) electrons. The topological polar surface area (TPSA) is 313 Å². The number of methoxy groups -OCH3 is 8. The predicted octanol–water partition coefficient (Wildman–Crippen LogP) is -1.59. The zero-order valence-electron chi connectivity index (χ0n) is 46.0. The maximum Gasteiger partial charge on any atom is 0.407 e. The number of ether oxygens (including phenoxy) is 15. The van der Waals surface area contributed by atoms with Gasteiger partial charge in [-0.1, -0.05) is 10.4 Å². The Morgan fingerprint density at radius 3 is 1.43 bits per heavy atom. The van der Waals surface area contributed by atoms with Crippen LogP contribution in [-0.4, -0.2) is 273 Å². The number of carbonyl (C=O) groups is 1. The molecule has 0 bridgehead atoms. The van der Waals surface area contributed by atoms with E-state index in [1.54, 1.807) is 56.4 Å². The van der Waals surface area contributed by atoms with Crippen molar-refractivity contribution in [3.8, 4) is 0 Å². The lowest BCUT2D eigenvalue weighted by molar-refractivity contribution is -0.346. The van der Waals surface area contributed by atoms with Crippen LogP contribution in [0.2, 0.25) is 0 Å². The van der Waals surface area contributed by atoms with Crippen molar-refractivity contribution in [1.82, 2.24) is 40.2 Å². The molecule has 4 fully saturated rings. The van der Waals surface area contributed by atoms with E-state index in [2.05, 4.69) is 30.8 Å². The normalized spacial score (nSPS) is 36.4. The molecule has 28 heteroatoms. The van der Waals surface area contributed by atoms with Gasteiger partial charge in [-0.25, -0.2) is 14.2 Å². The first-order chi connectivity index (χ1) is 36.3. The van der Waals surface area contributed by atoms with Gasteiger partial charge in [-0.05, 0) is 41.0 Å². The molecule has 4 aliphatic heterocycles. The highest BCUT2D eigenvalue weighted by Crippen LogP contribution is 2.34. The summed E-state index contributed by atoms with van der Waals surface area (Å²) < 4.78 is 91.3. The summed E-state index contributed by atoms with van der Waals surface area (Å²) in [5.74, 6) is 0. The minimum atomic E-state index is -1.22. The zero-order valence-corrected chi connectivity index (χ0v) is 46.0. The molecule has 0 aromatic carbocycles. The number of carbonyl (C=O) groups excluding carboxylic acids is 1. The van der Waals surface area contributed by atoms with Crippen molar-refractivity contribution >= 4 is 6.09 Å². The second-order valence-corrected chi connectivity index (χ2v) is 20.5. The molecule has 8 unspecified atom stereocenters. The van der Waals surface area contributed by atoms with E-state index in [0.29, 0.717) is 30.9 Å². The van der Waals surface area contributed by atoms with Crippen LogP contribution in [0.3, 0.4) is 0 Å². The molecule has 4 aliphatic rings. The van der Waals surface area contributed by atoms with Crippen LogP contribution >= 0.6 is 0 Å². The summed E-state index contributed by atoms with van der Waals surface area (Å²) in [6.45, 7) is 10.6. The van der Waals surface area contributed by atoms with E-state index >= 15 is 0 Å². The number of hydrogen-bond donors (Lipinski definition) is 5. The van der Waals surface area contributed by atoms with Gasteiger partial charge in [0.05, 0.1) is 49.9 Å². The SMILES string of the molecule is COCC1O[C@@H](O[C@H]2C(Cn3cc(CN(CCCNC(=O)OC(C)(C)C)Cc4cn(CC5O[C@@H](O[C@H]6C(COC)O[C@@H](C)C(OC)[C@H]6O)C(OC)[C@@H](O)[C@H]5OC)nn4)nn3)O[C@@H](C)C(OC)[C@H]2O)C(OC)[C@@H](O)[C@H]1OC. The van der Waals surface area contributed by atoms with Gasteiger partial charge in [-0.15, -0.1) is 10.2 Å². The minimum absolute atomic E-state index is 0.0727. The van der Waals surface area contributed by atoms with Crippen LogP contribution in [0.4, 0.5) is 4.79 Å². The summed E-state index contributed by atoms with van der Waals surface area (Å²) in [7, 11) is 11.7. The van der Waals surface area contributed by atoms with E-state index in [9.17, 15) is 25.2 Å². The number of nitrogens with one attached hydrogen (secondary N) is 1.